The Morgan fingerprint density at radius 1 is 0.260 bits per heavy atom. The van der Waals surface area contributed by atoms with Gasteiger partial charge in [0.05, 0.1) is 0 Å². The minimum atomic E-state index is 0.584. The predicted molar refractivity (Wildman–Crippen MR) is 202 cm³/mol. The molecule has 0 radical (unpaired) electrons. The molecule has 0 aliphatic heterocycles. The maximum atomic E-state index is 6.36. The van der Waals surface area contributed by atoms with E-state index in [0.29, 0.717) is 17.5 Å². The van der Waals surface area contributed by atoms with E-state index in [2.05, 4.69) is 97.1 Å². The van der Waals surface area contributed by atoms with Gasteiger partial charge in [-0.1, -0.05) is 121 Å². The van der Waals surface area contributed by atoms with Gasteiger partial charge in [0.25, 0.3) is 0 Å². The van der Waals surface area contributed by atoms with Crippen LogP contribution in [0.3, 0.4) is 0 Å². The van der Waals surface area contributed by atoms with Crippen molar-refractivity contribution in [3.05, 3.63) is 164 Å². The number of rotatable bonds is 5. The first-order chi connectivity index (χ1) is 24.7. The first-order valence-corrected chi connectivity index (χ1v) is 16.6. The van der Waals surface area contributed by atoms with E-state index in [1.54, 1.807) is 0 Å². The Hall–Kier alpha value is -6.85. The maximum absolute atomic E-state index is 6.36. The second-order valence-corrected chi connectivity index (χ2v) is 12.4. The Labute approximate surface area is 287 Å². The first kappa shape index (κ1) is 28.2. The van der Waals surface area contributed by atoms with Gasteiger partial charge in [0.15, 0.2) is 17.5 Å². The van der Waals surface area contributed by atoms with E-state index in [4.69, 9.17) is 23.8 Å². The lowest BCUT2D eigenvalue weighted by atomic mass is 10.0. The summed E-state index contributed by atoms with van der Waals surface area (Å²) in [6.07, 6.45) is 0. The molecule has 0 bridgehead atoms. The van der Waals surface area contributed by atoms with Gasteiger partial charge >= 0.3 is 0 Å². The summed E-state index contributed by atoms with van der Waals surface area (Å²) in [5, 5.41) is 4.37. The molecule has 0 amide bonds. The highest BCUT2D eigenvalue weighted by Gasteiger charge is 2.16. The van der Waals surface area contributed by atoms with Crippen molar-refractivity contribution in [1.82, 2.24) is 15.0 Å². The molecular weight excluding hydrogens is 615 g/mol. The van der Waals surface area contributed by atoms with Crippen molar-refractivity contribution < 1.29 is 8.83 Å². The zero-order valence-corrected chi connectivity index (χ0v) is 26.7. The van der Waals surface area contributed by atoms with Crippen molar-refractivity contribution in [3.8, 4) is 56.4 Å². The molecule has 7 aromatic carbocycles. The van der Waals surface area contributed by atoms with E-state index in [9.17, 15) is 0 Å². The zero-order chi connectivity index (χ0) is 33.0. The fourth-order valence-corrected chi connectivity index (χ4v) is 6.79. The predicted octanol–water partition coefficient (Wildman–Crippen LogP) is 12.0. The van der Waals surface area contributed by atoms with E-state index >= 15 is 0 Å². The second-order valence-electron chi connectivity index (χ2n) is 12.4. The number of para-hydroxylation sites is 1. The zero-order valence-electron chi connectivity index (χ0n) is 26.7. The molecular formula is C45H27N3O2. The summed E-state index contributed by atoms with van der Waals surface area (Å²) in [7, 11) is 0. The van der Waals surface area contributed by atoms with Crippen molar-refractivity contribution in [3.63, 3.8) is 0 Å². The summed E-state index contributed by atoms with van der Waals surface area (Å²) in [6.45, 7) is 0. The van der Waals surface area contributed by atoms with Crippen LogP contribution in [0.4, 0.5) is 0 Å². The molecule has 10 aromatic rings. The summed E-state index contributed by atoms with van der Waals surface area (Å²) < 4.78 is 12.5. The van der Waals surface area contributed by atoms with Gasteiger partial charge in [-0.2, -0.15) is 0 Å². The largest absolute Gasteiger partial charge is 0.456 e. The molecule has 0 saturated heterocycles. The molecule has 0 saturated carbocycles. The third kappa shape index (κ3) is 4.83. The van der Waals surface area contributed by atoms with E-state index in [1.807, 2.05) is 66.7 Å². The van der Waals surface area contributed by atoms with Gasteiger partial charge in [-0.3, -0.25) is 0 Å². The fraction of sp³-hybridized carbons (Fsp3) is 0. The topological polar surface area (TPSA) is 65.0 Å². The second kappa shape index (κ2) is 11.4. The van der Waals surface area contributed by atoms with E-state index in [0.717, 1.165) is 77.3 Å². The number of fused-ring (bicyclic) bond motifs is 6. The highest BCUT2D eigenvalue weighted by Crippen LogP contribution is 2.36. The molecule has 0 N–H and O–H groups in total. The molecule has 0 spiro atoms. The summed E-state index contributed by atoms with van der Waals surface area (Å²) >= 11 is 0. The van der Waals surface area contributed by atoms with Gasteiger partial charge in [-0.15, -0.1) is 0 Å². The van der Waals surface area contributed by atoms with Gasteiger partial charge in [0.1, 0.15) is 22.3 Å². The molecule has 3 aromatic heterocycles. The molecule has 10 rings (SSSR count). The monoisotopic (exact) mass is 641 g/mol. The van der Waals surface area contributed by atoms with E-state index in [1.165, 1.54) is 5.56 Å². The van der Waals surface area contributed by atoms with Crippen LogP contribution >= 0.6 is 0 Å². The van der Waals surface area contributed by atoms with E-state index in [-0.39, 0.29) is 0 Å². The van der Waals surface area contributed by atoms with Gasteiger partial charge in [0, 0.05) is 38.2 Å². The SMILES string of the molecule is c1ccc(-c2ccc3oc4cc(-c5nc(-c6ccccc6)nc(-c6ccc(-c7ccc8c(c7)oc7ccccc78)cc6)n5)ccc4c3c2)cc1. The lowest BCUT2D eigenvalue weighted by molar-refractivity contribution is 0.668. The quantitative estimate of drug-likeness (QED) is 0.187. The van der Waals surface area contributed by atoms with Gasteiger partial charge in [-0.25, -0.2) is 15.0 Å². The Bertz CT molecular complexity index is 2850. The van der Waals surface area contributed by atoms with Gasteiger partial charge < -0.3 is 8.83 Å². The standard InChI is InChI=1S/C45H27N3O2/c1-3-9-28(10-4-1)32-21-24-40-38(25-32)37-23-20-34(27-42(37)50-40)45-47-43(30-11-5-2-6-12-30)46-44(48-45)31-17-15-29(16-18-31)33-19-22-36-35-13-7-8-14-39(35)49-41(36)26-33/h1-27H. The van der Waals surface area contributed by atoms with Crippen molar-refractivity contribution in [2.45, 2.75) is 0 Å². The summed E-state index contributed by atoms with van der Waals surface area (Å²) in [4.78, 5) is 14.9. The Morgan fingerprint density at radius 3 is 1.40 bits per heavy atom. The molecule has 0 fully saturated rings. The maximum Gasteiger partial charge on any atom is 0.164 e. The molecule has 50 heavy (non-hydrogen) atoms. The molecule has 234 valence electrons. The molecule has 0 aliphatic rings. The lowest BCUT2D eigenvalue weighted by Crippen LogP contribution is -2.00. The van der Waals surface area contributed by atoms with Crippen LogP contribution in [0.1, 0.15) is 0 Å². The van der Waals surface area contributed by atoms with Crippen molar-refractivity contribution in [2.24, 2.45) is 0 Å². The van der Waals surface area contributed by atoms with Crippen molar-refractivity contribution in [2.75, 3.05) is 0 Å². The van der Waals surface area contributed by atoms with Crippen molar-refractivity contribution >= 4 is 43.9 Å². The van der Waals surface area contributed by atoms with Crippen LogP contribution in [0.25, 0.3) is 100 Å². The molecule has 0 unspecified atom stereocenters. The van der Waals surface area contributed by atoms with Gasteiger partial charge in [0.2, 0.25) is 0 Å². The number of aromatic nitrogens is 3. The highest BCUT2D eigenvalue weighted by molar-refractivity contribution is 6.07. The number of hydrogen-bond acceptors (Lipinski definition) is 5. The number of hydrogen-bond donors (Lipinski definition) is 0. The Morgan fingerprint density at radius 2 is 0.680 bits per heavy atom. The third-order valence-corrected chi connectivity index (χ3v) is 9.36. The van der Waals surface area contributed by atoms with Gasteiger partial charge in [-0.05, 0) is 64.7 Å². The van der Waals surface area contributed by atoms with Crippen LogP contribution < -0.4 is 0 Å². The van der Waals surface area contributed by atoms with Crippen LogP contribution in [-0.4, -0.2) is 15.0 Å². The minimum absolute atomic E-state index is 0.584. The molecule has 0 aliphatic carbocycles. The highest BCUT2D eigenvalue weighted by atomic mass is 16.3. The molecule has 0 atom stereocenters. The average molecular weight is 642 g/mol. The summed E-state index contributed by atoms with van der Waals surface area (Å²) in [6, 6.07) is 55.8. The smallest absolute Gasteiger partial charge is 0.164 e. The van der Waals surface area contributed by atoms with Crippen LogP contribution in [-0.2, 0) is 0 Å². The van der Waals surface area contributed by atoms with Crippen LogP contribution in [0.15, 0.2) is 173 Å². The van der Waals surface area contributed by atoms with Crippen molar-refractivity contribution in [1.29, 1.82) is 0 Å². The Balaban J connectivity index is 1.04. The number of benzene rings is 7. The summed E-state index contributed by atoms with van der Waals surface area (Å²) in [5.41, 5.74) is 10.6. The van der Waals surface area contributed by atoms with Crippen LogP contribution in [0, 0.1) is 0 Å². The van der Waals surface area contributed by atoms with Crippen LogP contribution in [0.5, 0.6) is 0 Å². The molecule has 5 nitrogen and oxygen atoms in total. The summed E-state index contributed by atoms with van der Waals surface area (Å²) in [5.74, 6) is 1.80. The molecule has 3 heterocycles. The lowest BCUT2D eigenvalue weighted by Gasteiger charge is -2.09. The number of furan rings is 2. The molecule has 5 heteroatoms. The fourth-order valence-electron chi connectivity index (χ4n) is 6.79. The number of nitrogens with zero attached hydrogens (tertiary/aromatic N) is 3. The third-order valence-electron chi connectivity index (χ3n) is 9.36. The van der Waals surface area contributed by atoms with E-state index < -0.39 is 0 Å². The average Bonchev–Trinajstić information content (AvgIpc) is 3.75. The Kier molecular flexibility index (Phi) is 6.42. The minimum Gasteiger partial charge on any atom is -0.456 e. The normalized spacial score (nSPS) is 11.6. The first-order valence-electron chi connectivity index (χ1n) is 16.6. The van der Waals surface area contributed by atoms with Crippen LogP contribution in [0.2, 0.25) is 0 Å².